The van der Waals surface area contributed by atoms with Gasteiger partial charge in [0.1, 0.15) is 23.7 Å². The van der Waals surface area contributed by atoms with E-state index in [1.165, 1.54) is 25.7 Å². The molecule has 6 aliphatic rings. The number of fused-ring (bicyclic) bond motifs is 9. The first-order chi connectivity index (χ1) is 28.5. The summed E-state index contributed by atoms with van der Waals surface area (Å²) < 4.78 is 26.0. The smallest absolute Gasteiger partial charge is 0.242 e. The lowest BCUT2D eigenvalue weighted by molar-refractivity contribution is -0.0505. The lowest BCUT2D eigenvalue weighted by Gasteiger charge is -2.52. The monoisotopic (exact) mass is 778 g/mol. The van der Waals surface area contributed by atoms with Gasteiger partial charge >= 0.3 is 0 Å². The SMILES string of the molecule is CC[C@H]1CN2CC[C@H]1C[C@@H]2C(Oc1nnc(OC(c2ccnc3ccc(OC)cc23)[C@H]2C[C@@H]3CCN2C[C@@H]3CC)c2ccccc12)c1ccnc2ccc(OC)cc12. The molecule has 9 heterocycles. The molecule has 300 valence electrons. The van der Waals surface area contributed by atoms with Crippen LogP contribution in [0.3, 0.4) is 0 Å². The van der Waals surface area contributed by atoms with E-state index >= 15 is 0 Å². The number of aromatic nitrogens is 4. The summed E-state index contributed by atoms with van der Waals surface area (Å²) in [6, 6.07) is 25.1. The summed E-state index contributed by atoms with van der Waals surface area (Å²) in [6.07, 6.45) is 10.2. The second-order valence-corrected chi connectivity index (χ2v) is 17.0. The summed E-state index contributed by atoms with van der Waals surface area (Å²) in [5.41, 5.74) is 4.01. The van der Waals surface area contributed by atoms with Gasteiger partial charge in [-0.25, -0.2) is 0 Å². The average Bonchev–Trinajstić information content (AvgIpc) is 3.29. The largest absolute Gasteiger partial charge is 0.497 e. The van der Waals surface area contributed by atoms with Gasteiger partial charge in [-0.2, -0.15) is 0 Å². The van der Waals surface area contributed by atoms with Crippen LogP contribution in [0.2, 0.25) is 0 Å². The first kappa shape index (κ1) is 37.2. The predicted octanol–water partition coefficient (Wildman–Crippen LogP) is 9.22. The molecule has 6 saturated heterocycles. The van der Waals surface area contributed by atoms with E-state index in [-0.39, 0.29) is 24.3 Å². The van der Waals surface area contributed by atoms with Crippen molar-refractivity contribution in [3.05, 3.63) is 96.3 Å². The second-order valence-electron chi connectivity index (χ2n) is 17.0. The van der Waals surface area contributed by atoms with Gasteiger partial charge in [0.2, 0.25) is 11.8 Å². The zero-order valence-electron chi connectivity index (χ0n) is 34.1. The van der Waals surface area contributed by atoms with Crippen molar-refractivity contribution in [2.45, 2.75) is 76.7 Å². The second kappa shape index (κ2) is 15.6. The highest BCUT2D eigenvalue weighted by atomic mass is 16.5. The molecular formula is C48H54N6O4. The highest BCUT2D eigenvalue weighted by Crippen LogP contribution is 2.47. The number of ether oxygens (including phenoxy) is 4. The highest BCUT2D eigenvalue weighted by Gasteiger charge is 2.46. The normalized spacial score (nSPS) is 27.4. The first-order valence-corrected chi connectivity index (χ1v) is 21.5. The van der Waals surface area contributed by atoms with Crippen molar-refractivity contribution in [3.8, 4) is 23.3 Å². The van der Waals surface area contributed by atoms with Crippen molar-refractivity contribution in [2.75, 3.05) is 40.4 Å². The van der Waals surface area contributed by atoms with Crippen molar-refractivity contribution in [3.63, 3.8) is 0 Å². The van der Waals surface area contributed by atoms with E-state index in [0.717, 1.165) is 94.2 Å². The predicted molar refractivity (Wildman–Crippen MR) is 227 cm³/mol. The van der Waals surface area contributed by atoms with Crippen LogP contribution in [0, 0.1) is 23.7 Å². The molecule has 4 bridgehead atoms. The molecule has 0 N–H and O–H groups in total. The van der Waals surface area contributed by atoms with Gasteiger partial charge in [-0.15, -0.1) is 10.2 Å². The maximum absolute atomic E-state index is 7.30. The topological polar surface area (TPSA) is 95.0 Å². The van der Waals surface area contributed by atoms with Gasteiger partial charge in [-0.05, 0) is 123 Å². The van der Waals surface area contributed by atoms with Crippen molar-refractivity contribution < 1.29 is 18.9 Å². The number of hydrogen-bond acceptors (Lipinski definition) is 10. The van der Waals surface area contributed by atoms with Gasteiger partial charge in [0.05, 0.1) is 48.1 Å². The summed E-state index contributed by atoms with van der Waals surface area (Å²) in [5.74, 6) is 5.39. The third kappa shape index (κ3) is 6.58. The average molecular weight is 779 g/mol. The third-order valence-electron chi connectivity index (χ3n) is 14.3. The van der Waals surface area contributed by atoms with Gasteiger partial charge < -0.3 is 18.9 Å². The minimum atomic E-state index is -0.300. The van der Waals surface area contributed by atoms with Crippen LogP contribution in [0.5, 0.6) is 23.3 Å². The van der Waals surface area contributed by atoms with Crippen molar-refractivity contribution in [1.29, 1.82) is 0 Å². The van der Waals surface area contributed by atoms with Gasteiger partial charge in [-0.1, -0.05) is 38.8 Å². The Hall–Kier alpha value is -5.06. The summed E-state index contributed by atoms with van der Waals surface area (Å²) in [7, 11) is 3.42. The first-order valence-electron chi connectivity index (χ1n) is 21.5. The van der Waals surface area contributed by atoms with Crippen LogP contribution in [0.1, 0.15) is 75.7 Å². The summed E-state index contributed by atoms with van der Waals surface area (Å²) in [4.78, 5) is 14.8. The molecule has 12 rings (SSSR count). The van der Waals surface area contributed by atoms with Crippen LogP contribution in [-0.4, -0.2) is 82.4 Å². The molecule has 6 fully saturated rings. The Bertz CT molecular complexity index is 2280. The quantitative estimate of drug-likeness (QED) is 0.120. The highest BCUT2D eigenvalue weighted by molar-refractivity contribution is 5.91. The van der Waals surface area contributed by atoms with Crippen LogP contribution in [0.4, 0.5) is 0 Å². The molecule has 0 aliphatic carbocycles. The van der Waals surface area contributed by atoms with Crippen LogP contribution in [-0.2, 0) is 0 Å². The molecule has 58 heavy (non-hydrogen) atoms. The van der Waals surface area contributed by atoms with Gasteiger partial charge in [-0.3, -0.25) is 19.8 Å². The fourth-order valence-electron chi connectivity index (χ4n) is 11.1. The Morgan fingerprint density at radius 2 is 1.07 bits per heavy atom. The number of pyridine rings is 2. The number of benzene rings is 3. The number of nitrogens with zero attached hydrogens (tertiary/aromatic N) is 6. The van der Waals surface area contributed by atoms with Crippen LogP contribution < -0.4 is 18.9 Å². The Balaban J connectivity index is 1.06. The van der Waals surface area contributed by atoms with E-state index in [4.69, 9.17) is 39.1 Å². The lowest BCUT2D eigenvalue weighted by atomic mass is 9.72. The molecule has 10 heteroatoms. The van der Waals surface area contributed by atoms with Gasteiger partial charge in [0.15, 0.2) is 0 Å². The van der Waals surface area contributed by atoms with Crippen LogP contribution in [0.15, 0.2) is 85.2 Å². The Kier molecular flexibility index (Phi) is 10.0. The van der Waals surface area contributed by atoms with Gasteiger partial charge in [0.25, 0.3) is 0 Å². The van der Waals surface area contributed by atoms with E-state index in [0.29, 0.717) is 35.4 Å². The maximum Gasteiger partial charge on any atom is 0.242 e. The van der Waals surface area contributed by atoms with Crippen molar-refractivity contribution in [2.24, 2.45) is 23.7 Å². The number of methoxy groups -OCH3 is 2. The molecule has 0 amide bonds. The molecular weight excluding hydrogens is 725 g/mol. The fraction of sp³-hybridized carbons (Fsp3) is 0.458. The van der Waals surface area contributed by atoms with Gasteiger partial charge in [0, 0.05) is 47.4 Å². The van der Waals surface area contributed by atoms with Crippen LogP contribution in [0.25, 0.3) is 32.6 Å². The molecule has 10 atom stereocenters. The Morgan fingerprint density at radius 1 is 0.603 bits per heavy atom. The number of rotatable bonds is 12. The molecule has 0 radical (unpaired) electrons. The minimum absolute atomic E-state index is 0.180. The molecule has 3 aromatic heterocycles. The molecule has 6 aromatic rings. The van der Waals surface area contributed by atoms with E-state index in [1.807, 2.05) is 36.7 Å². The summed E-state index contributed by atoms with van der Waals surface area (Å²) >= 11 is 0. The lowest BCUT2D eigenvalue weighted by Crippen LogP contribution is -2.56. The maximum atomic E-state index is 7.30. The van der Waals surface area contributed by atoms with Crippen LogP contribution >= 0.6 is 0 Å². The standard InChI is InChI=1S/C48H54N6O4/c1-5-29-27-53-21-17-31(29)23-43(53)45(35-15-19-49-41-13-11-33(55-3)25-39(35)41)57-47-37-9-7-8-10-38(37)48(52-51-47)58-46(44-24-32-18-22-54(44)28-30(32)6-2)36-16-20-50-42-14-12-34(56-4)26-40(36)42/h7-16,19-20,25-26,29-32,43-46H,5-6,17-18,21-24,27-28H2,1-4H3/t29-,30-,31-,32-,43+,44+,45?,46?/m0/s1. The molecule has 6 aliphatic heterocycles. The van der Waals surface area contributed by atoms with Crippen molar-refractivity contribution >= 4 is 32.6 Å². The zero-order chi connectivity index (χ0) is 39.3. The molecule has 10 nitrogen and oxygen atoms in total. The number of piperidine rings is 6. The minimum Gasteiger partial charge on any atom is -0.497 e. The molecule has 0 saturated carbocycles. The van der Waals surface area contributed by atoms with E-state index in [9.17, 15) is 0 Å². The number of hydrogen-bond donors (Lipinski definition) is 0. The molecule has 3 aromatic carbocycles. The van der Waals surface area contributed by atoms with E-state index < -0.39 is 0 Å². The fourth-order valence-corrected chi connectivity index (χ4v) is 11.1. The molecule has 4 unspecified atom stereocenters. The third-order valence-corrected chi connectivity index (χ3v) is 14.3. The Labute approximate surface area is 340 Å². The van der Waals surface area contributed by atoms with Crippen molar-refractivity contribution in [1.82, 2.24) is 30.0 Å². The summed E-state index contributed by atoms with van der Waals surface area (Å²) in [5, 5.41) is 13.7. The van der Waals surface area contributed by atoms with E-state index in [1.54, 1.807) is 14.2 Å². The summed E-state index contributed by atoms with van der Waals surface area (Å²) in [6.45, 7) is 9.00. The molecule has 0 spiro atoms. The zero-order valence-corrected chi connectivity index (χ0v) is 34.1. The Morgan fingerprint density at radius 3 is 1.47 bits per heavy atom. The van der Waals surface area contributed by atoms with E-state index in [2.05, 4.69) is 72.2 Å².